The summed E-state index contributed by atoms with van der Waals surface area (Å²) in [6, 6.07) is 8.71. The first kappa shape index (κ1) is 11.7. The quantitative estimate of drug-likeness (QED) is 0.546. The van der Waals surface area contributed by atoms with Crippen LogP contribution in [0.4, 0.5) is 0 Å². The van der Waals surface area contributed by atoms with Crippen LogP contribution in [0.2, 0.25) is 6.04 Å². The molecule has 0 atom stereocenters. The summed E-state index contributed by atoms with van der Waals surface area (Å²) < 4.78 is 0. The summed E-state index contributed by atoms with van der Waals surface area (Å²) in [5, 5.41) is 1.12. The molecule has 0 bridgehead atoms. The standard InChI is InChI=1S/C13H16OSi/c1-4-15(5-2,6-3)13-10-8-7-9-12(13)11-14/h4-5,7-11H,1-2,6H2,3H3. The van der Waals surface area contributed by atoms with Crippen LogP contribution in [0.1, 0.15) is 17.3 Å². The molecule has 0 radical (unpaired) electrons. The molecule has 0 aromatic heterocycles. The molecule has 0 spiro atoms. The van der Waals surface area contributed by atoms with Crippen molar-refractivity contribution in [3.8, 4) is 0 Å². The van der Waals surface area contributed by atoms with Gasteiger partial charge in [0.1, 0.15) is 14.4 Å². The Kier molecular flexibility index (Phi) is 3.80. The predicted octanol–water partition coefficient (Wildman–Crippen LogP) is 2.63. The number of aldehydes is 1. The highest BCUT2D eigenvalue weighted by Crippen LogP contribution is 2.14. The zero-order valence-electron chi connectivity index (χ0n) is 9.07. The molecule has 0 heterocycles. The van der Waals surface area contributed by atoms with Crippen molar-refractivity contribution in [2.75, 3.05) is 0 Å². The topological polar surface area (TPSA) is 17.1 Å². The summed E-state index contributed by atoms with van der Waals surface area (Å²) >= 11 is 0. The second kappa shape index (κ2) is 4.89. The third kappa shape index (κ3) is 2.00. The zero-order chi connectivity index (χ0) is 11.3. The lowest BCUT2D eigenvalue weighted by molar-refractivity contribution is 0.112. The fourth-order valence-electron chi connectivity index (χ4n) is 1.81. The van der Waals surface area contributed by atoms with Gasteiger partial charge in [-0.1, -0.05) is 42.6 Å². The van der Waals surface area contributed by atoms with Crippen molar-refractivity contribution in [3.05, 3.63) is 54.4 Å². The Hall–Kier alpha value is -1.41. The molecule has 2 heteroatoms. The molecule has 1 aromatic rings. The van der Waals surface area contributed by atoms with Crippen molar-refractivity contribution >= 4 is 19.5 Å². The summed E-state index contributed by atoms with van der Waals surface area (Å²) in [6.45, 7) is 9.92. The number of hydrogen-bond donors (Lipinski definition) is 0. The number of rotatable bonds is 5. The van der Waals surface area contributed by atoms with E-state index in [4.69, 9.17) is 0 Å². The molecule has 0 aliphatic carbocycles. The van der Waals surface area contributed by atoms with Crippen LogP contribution in [0, 0.1) is 0 Å². The molecule has 0 amide bonds. The predicted molar refractivity (Wildman–Crippen MR) is 68.1 cm³/mol. The highest BCUT2D eigenvalue weighted by molar-refractivity contribution is 7.00. The van der Waals surface area contributed by atoms with Crippen LogP contribution in [-0.2, 0) is 0 Å². The van der Waals surface area contributed by atoms with Gasteiger partial charge in [0, 0.05) is 5.56 Å². The van der Waals surface area contributed by atoms with Crippen molar-refractivity contribution in [3.63, 3.8) is 0 Å². The maximum Gasteiger partial charge on any atom is 0.149 e. The van der Waals surface area contributed by atoms with Crippen LogP contribution < -0.4 is 5.19 Å². The van der Waals surface area contributed by atoms with Crippen LogP contribution in [0.15, 0.2) is 48.8 Å². The fourth-order valence-corrected chi connectivity index (χ4v) is 4.46. The molecule has 1 nitrogen and oxygen atoms in total. The van der Waals surface area contributed by atoms with Gasteiger partial charge in [0.15, 0.2) is 0 Å². The molecule has 1 rings (SSSR count). The fraction of sp³-hybridized carbons (Fsp3) is 0.154. The smallest absolute Gasteiger partial charge is 0.149 e. The van der Waals surface area contributed by atoms with Gasteiger partial charge in [-0.05, 0) is 11.2 Å². The third-order valence-electron chi connectivity index (χ3n) is 2.90. The average molecular weight is 216 g/mol. The number of benzene rings is 1. The Morgan fingerprint density at radius 1 is 1.27 bits per heavy atom. The molecular formula is C13H16OSi. The van der Waals surface area contributed by atoms with E-state index in [0.717, 1.165) is 23.1 Å². The normalized spacial score (nSPS) is 10.7. The molecule has 15 heavy (non-hydrogen) atoms. The maximum atomic E-state index is 11.0. The van der Waals surface area contributed by atoms with Gasteiger partial charge >= 0.3 is 0 Å². The van der Waals surface area contributed by atoms with E-state index in [2.05, 4.69) is 20.1 Å². The molecule has 0 N–H and O–H groups in total. The Morgan fingerprint density at radius 3 is 2.33 bits per heavy atom. The maximum absolute atomic E-state index is 11.0. The van der Waals surface area contributed by atoms with Gasteiger partial charge in [-0.25, -0.2) is 0 Å². The lowest BCUT2D eigenvalue weighted by Gasteiger charge is -2.24. The highest BCUT2D eigenvalue weighted by Gasteiger charge is 2.28. The summed E-state index contributed by atoms with van der Waals surface area (Å²) in [4.78, 5) is 11.0. The Balaban J connectivity index is 3.40. The van der Waals surface area contributed by atoms with Gasteiger partial charge < -0.3 is 0 Å². The zero-order valence-corrected chi connectivity index (χ0v) is 10.1. The van der Waals surface area contributed by atoms with Crippen LogP contribution in [0.3, 0.4) is 0 Å². The van der Waals surface area contributed by atoms with E-state index in [-0.39, 0.29) is 0 Å². The summed E-state index contributed by atoms with van der Waals surface area (Å²) in [7, 11) is -1.86. The van der Waals surface area contributed by atoms with Crippen molar-refractivity contribution in [2.24, 2.45) is 0 Å². The molecule has 0 unspecified atom stereocenters. The lowest BCUT2D eigenvalue weighted by Crippen LogP contribution is -2.45. The van der Waals surface area contributed by atoms with E-state index in [1.165, 1.54) is 0 Å². The molecule has 1 aromatic carbocycles. The molecule has 0 saturated heterocycles. The monoisotopic (exact) mass is 216 g/mol. The Labute approximate surface area is 92.1 Å². The highest BCUT2D eigenvalue weighted by atomic mass is 28.3. The first-order chi connectivity index (χ1) is 7.24. The van der Waals surface area contributed by atoms with Crippen molar-refractivity contribution in [2.45, 2.75) is 13.0 Å². The van der Waals surface area contributed by atoms with Gasteiger partial charge in [-0.15, -0.1) is 13.2 Å². The summed E-state index contributed by atoms with van der Waals surface area (Å²) in [6.07, 6.45) is 0.916. The van der Waals surface area contributed by atoms with Gasteiger partial charge in [0.25, 0.3) is 0 Å². The molecule has 0 aliphatic heterocycles. The minimum atomic E-state index is -1.86. The summed E-state index contributed by atoms with van der Waals surface area (Å²) in [5.41, 5.74) is 4.75. The van der Waals surface area contributed by atoms with Gasteiger partial charge in [-0.3, -0.25) is 4.79 Å². The lowest BCUT2D eigenvalue weighted by atomic mass is 10.2. The minimum Gasteiger partial charge on any atom is -0.298 e. The average Bonchev–Trinajstić information content (AvgIpc) is 2.33. The van der Waals surface area contributed by atoms with Crippen LogP contribution in [-0.4, -0.2) is 14.4 Å². The van der Waals surface area contributed by atoms with Gasteiger partial charge in [0.05, 0.1) is 0 Å². The van der Waals surface area contributed by atoms with E-state index in [9.17, 15) is 4.79 Å². The van der Waals surface area contributed by atoms with Crippen molar-refractivity contribution < 1.29 is 4.79 Å². The first-order valence-electron chi connectivity index (χ1n) is 5.06. The van der Waals surface area contributed by atoms with E-state index >= 15 is 0 Å². The van der Waals surface area contributed by atoms with E-state index < -0.39 is 8.07 Å². The SMILES string of the molecule is C=C[Si](C=C)(CC)c1ccccc1C=O. The third-order valence-corrected chi connectivity index (χ3v) is 6.99. The molecule has 0 saturated carbocycles. The van der Waals surface area contributed by atoms with Crippen LogP contribution in [0.25, 0.3) is 0 Å². The second-order valence-electron chi connectivity index (χ2n) is 3.51. The number of carbonyl (C=O) groups excluding carboxylic acids is 1. The summed E-state index contributed by atoms with van der Waals surface area (Å²) in [5.74, 6) is 0. The first-order valence-corrected chi connectivity index (χ1v) is 7.42. The van der Waals surface area contributed by atoms with E-state index in [0.29, 0.717) is 0 Å². The molecule has 0 aliphatic rings. The Bertz CT molecular complexity index is 374. The molecule has 0 fully saturated rings. The number of hydrogen-bond acceptors (Lipinski definition) is 1. The van der Waals surface area contributed by atoms with Crippen molar-refractivity contribution in [1.29, 1.82) is 0 Å². The number of carbonyl (C=O) groups is 1. The van der Waals surface area contributed by atoms with Gasteiger partial charge in [0.2, 0.25) is 0 Å². The largest absolute Gasteiger partial charge is 0.298 e. The van der Waals surface area contributed by atoms with E-state index in [1.807, 2.05) is 35.7 Å². The van der Waals surface area contributed by atoms with Crippen LogP contribution in [0.5, 0.6) is 0 Å². The molecular weight excluding hydrogens is 200 g/mol. The molecule has 78 valence electrons. The van der Waals surface area contributed by atoms with E-state index in [1.54, 1.807) is 0 Å². The van der Waals surface area contributed by atoms with Crippen LogP contribution >= 0.6 is 0 Å². The minimum absolute atomic E-state index is 0.769. The second-order valence-corrected chi connectivity index (χ2v) is 7.65. The van der Waals surface area contributed by atoms with Crippen molar-refractivity contribution in [1.82, 2.24) is 0 Å². The van der Waals surface area contributed by atoms with Gasteiger partial charge in [-0.2, -0.15) is 0 Å². The Morgan fingerprint density at radius 2 is 1.87 bits per heavy atom.